The van der Waals surface area contributed by atoms with E-state index in [1.807, 2.05) is 30.3 Å². The molecule has 1 aliphatic heterocycles. The Morgan fingerprint density at radius 2 is 1.64 bits per heavy atom. The summed E-state index contributed by atoms with van der Waals surface area (Å²) >= 11 is 5.87. The fourth-order valence-electron chi connectivity index (χ4n) is 3.13. The van der Waals surface area contributed by atoms with Crippen molar-refractivity contribution in [2.45, 2.75) is 12.8 Å². The molecule has 0 aliphatic carbocycles. The van der Waals surface area contributed by atoms with Gasteiger partial charge in [0.1, 0.15) is 0 Å². The van der Waals surface area contributed by atoms with Gasteiger partial charge in [0.05, 0.1) is 6.54 Å². The van der Waals surface area contributed by atoms with Crippen LogP contribution in [0.1, 0.15) is 23.2 Å². The highest BCUT2D eigenvalue weighted by Crippen LogP contribution is 2.22. The number of hydrogen-bond acceptors (Lipinski definition) is 3. The molecule has 2 aromatic carbocycles. The number of anilines is 1. The second kappa shape index (κ2) is 8.28. The molecule has 3 rings (SSSR count). The third-order valence-corrected chi connectivity index (χ3v) is 4.76. The van der Waals surface area contributed by atoms with Crippen LogP contribution in [-0.2, 0) is 4.79 Å². The zero-order valence-electron chi connectivity index (χ0n) is 14.0. The van der Waals surface area contributed by atoms with Crippen LogP contribution >= 0.6 is 11.6 Å². The van der Waals surface area contributed by atoms with Gasteiger partial charge in [0.15, 0.2) is 5.78 Å². The van der Waals surface area contributed by atoms with Crippen LogP contribution in [0, 0.1) is 5.92 Å². The van der Waals surface area contributed by atoms with Gasteiger partial charge >= 0.3 is 0 Å². The van der Waals surface area contributed by atoms with Crippen molar-refractivity contribution < 1.29 is 9.59 Å². The van der Waals surface area contributed by atoms with Crippen molar-refractivity contribution in [3.05, 3.63) is 65.2 Å². The van der Waals surface area contributed by atoms with Crippen LogP contribution in [-0.4, -0.2) is 36.2 Å². The van der Waals surface area contributed by atoms with Crippen molar-refractivity contribution in [2.75, 3.05) is 25.0 Å². The maximum absolute atomic E-state index is 12.5. The lowest BCUT2D eigenvalue weighted by Crippen LogP contribution is -2.40. The van der Waals surface area contributed by atoms with E-state index in [-0.39, 0.29) is 17.6 Å². The number of halogens is 1. The number of ketones is 1. The monoisotopic (exact) mass is 356 g/mol. The summed E-state index contributed by atoms with van der Waals surface area (Å²) < 4.78 is 0. The number of likely N-dealkylation sites (tertiary alicyclic amines) is 1. The highest BCUT2D eigenvalue weighted by molar-refractivity contribution is 6.30. The van der Waals surface area contributed by atoms with E-state index in [0.29, 0.717) is 17.1 Å². The Morgan fingerprint density at radius 1 is 1.00 bits per heavy atom. The van der Waals surface area contributed by atoms with Crippen molar-refractivity contribution in [1.82, 2.24) is 4.90 Å². The van der Waals surface area contributed by atoms with E-state index in [1.165, 1.54) is 0 Å². The van der Waals surface area contributed by atoms with Gasteiger partial charge in [0.25, 0.3) is 0 Å². The van der Waals surface area contributed by atoms with Gasteiger partial charge in [-0.1, -0.05) is 29.8 Å². The summed E-state index contributed by atoms with van der Waals surface area (Å²) in [4.78, 5) is 26.8. The number of Topliss-reactive ketones (excluding diaryl/α,β-unsaturated/α-hetero) is 1. The van der Waals surface area contributed by atoms with Crippen LogP contribution in [0.4, 0.5) is 5.69 Å². The molecule has 4 nitrogen and oxygen atoms in total. The van der Waals surface area contributed by atoms with E-state index in [4.69, 9.17) is 11.6 Å². The average Bonchev–Trinajstić information content (AvgIpc) is 2.63. The molecular formula is C20H21ClN2O2. The number of nitrogens with one attached hydrogen (secondary N) is 1. The molecule has 0 saturated carbocycles. The molecule has 1 saturated heterocycles. The molecular weight excluding hydrogens is 336 g/mol. The first-order chi connectivity index (χ1) is 12.1. The SMILES string of the molecule is O=C(CN1CCC(C(=O)c2ccc(Cl)cc2)CC1)Nc1ccccc1. The Hall–Kier alpha value is -2.17. The lowest BCUT2D eigenvalue weighted by Gasteiger charge is -2.30. The van der Waals surface area contributed by atoms with Crippen molar-refractivity contribution in [1.29, 1.82) is 0 Å². The van der Waals surface area contributed by atoms with Crippen molar-refractivity contribution >= 4 is 29.0 Å². The molecule has 0 atom stereocenters. The van der Waals surface area contributed by atoms with Gasteiger partial charge in [-0.3, -0.25) is 14.5 Å². The van der Waals surface area contributed by atoms with Gasteiger partial charge in [-0.15, -0.1) is 0 Å². The second-order valence-corrected chi connectivity index (χ2v) is 6.77. The Balaban J connectivity index is 1.47. The Bertz CT molecular complexity index is 723. The maximum atomic E-state index is 12.5. The highest BCUT2D eigenvalue weighted by Gasteiger charge is 2.26. The van der Waals surface area contributed by atoms with Crippen LogP contribution in [0.3, 0.4) is 0 Å². The van der Waals surface area contributed by atoms with Crippen molar-refractivity contribution in [3.8, 4) is 0 Å². The smallest absolute Gasteiger partial charge is 0.238 e. The molecule has 0 unspecified atom stereocenters. The Morgan fingerprint density at radius 3 is 2.28 bits per heavy atom. The summed E-state index contributed by atoms with van der Waals surface area (Å²) in [6.07, 6.45) is 1.56. The molecule has 1 aliphatic rings. The largest absolute Gasteiger partial charge is 0.325 e. The Labute approximate surface area is 152 Å². The van der Waals surface area contributed by atoms with Gasteiger partial charge in [-0.2, -0.15) is 0 Å². The third-order valence-electron chi connectivity index (χ3n) is 4.51. The Kier molecular flexibility index (Phi) is 5.84. The summed E-state index contributed by atoms with van der Waals surface area (Å²) in [5.74, 6) is 0.174. The van der Waals surface area contributed by atoms with Gasteiger partial charge in [-0.05, 0) is 62.3 Å². The quantitative estimate of drug-likeness (QED) is 0.827. The number of amides is 1. The van der Waals surface area contributed by atoms with Crippen molar-refractivity contribution in [3.63, 3.8) is 0 Å². The van der Waals surface area contributed by atoms with E-state index in [2.05, 4.69) is 10.2 Å². The van der Waals surface area contributed by atoms with Crippen LogP contribution in [0.2, 0.25) is 5.02 Å². The fourth-order valence-corrected chi connectivity index (χ4v) is 3.25. The number of hydrogen-bond donors (Lipinski definition) is 1. The number of nitrogens with zero attached hydrogens (tertiary/aromatic N) is 1. The molecule has 1 fully saturated rings. The zero-order chi connectivity index (χ0) is 17.6. The molecule has 0 bridgehead atoms. The summed E-state index contributed by atoms with van der Waals surface area (Å²) in [5, 5.41) is 3.53. The van der Waals surface area contributed by atoms with E-state index < -0.39 is 0 Å². The maximum Gasteiger partial charge on any atom is 0.238 e. The van der Waals surface area contributed by atoms with E-state index >= 15 is 0 Å². The van der Waals surface area contributed by atoms with Crippen LogP contribution in [0.25, 0.3) is 0 Å². The van der Waals surface area contributed by atoms with Gasteiger partial charge in [0, 0.05) is 22.2 Å². The molecule has 25 heavy (non-hydrogen) atoms. The minimum absolute atomic E-state index is 0.0197. The number of para-hydroxylation sites is 1. The molecule has 5 heteroatoms. The minimum atomic E-state index is -0.0197. The fraction of sp³-hybridized carbons (Fsp3) is 0.300. The topological polar surface area (TPSA) is 49.4 Å². The van der Waals surface area contributed by atoms with Crippen LogP contribution in [0.15, 0.2) is 54.6 Å². The average molecular weight is 357 g/mol. The van der Waals surface area contributed by atoms with Crippen molar-refractivity contribution in [2.24, 2.45) is 5.92 Å². The first kappa shape index (κ1) is 17.6. The number of carbonyl (C=O) groups is 2. The molecule has 0 aromatic heterocycles. The van der Waals surface area contributed by atoms with E-state index in [9.17, 15) is 9.59 Å². The number of rotatable bonds is 5. The van der Waals surface area contributed by atoms with Gasteiger partial charge < -0.3 is 5.32 Å². The first-order valence-electron chi connectivity index (χ1n) is 8.49. The molecule has 2 aromatic rings. The first-order valence-corrected chi connectivity index (χ1v) is 8.86. The molecule has 130 valence electrons. The summed E-state index contributed by atoms with van der Waals surface area (Å²) in [7, 11) is 0. The molecule has 0 spiro atoms. The minimum Gasteiger partial charge on any atom is -0.325 e. The molecule has 1 amide bonds. The summed E-state index contributed by atoms with van der Waals surface area (Å²) in [6.45, 7) is 1.87. The predicted molar refractivity (Wildman–Crippen MR) is 100 cm³/mol. The van der Waals surface area contributed by atoms with E-state index in [1.54, 1.807) is 24.3 Å². The normalized spacial score (nSPS) is 15.7. The molecule has 0 radical (unpaired) electrons. The van der Waals surface area contributed by atoms with Crippen LogP contribution in [0.5, 0.6) is 0 Å². The zero-order valence-corrected chi connectivity index (χ0v) is 14.7. The van der Waals surface area contributed by atoms with Crippen LogP contribution < -0.4 is 5.32 Å². The predicted octanol–water partition coefficient (Wildman–Crippen LogP) is 3.87. The molecule has 1 N–H and O–H groups in total. The lowest BCUT2D eigenvalue weighted by molar-refractivity contribution is -0.117. The second-order valence-electron chi connectivity index (χ2n) is 6.34. The molecule has 1 heterocycles. The lowest BCUT2D eigenvalue weighted by atomic mass is 9.89. The summed E-state index contributed by atoms with van der Waals surface area (Å²) in [5.41, 5.74) is 1.52. The third kappa shape index (κ3) is 4.91. The van der Waals surface area contributed by atoms with Gasteiger partial charge in [0.2, 0.25) is 5.91 Å². The highest BCUT2D eigenvalue weighted by atomic mass is 35.5. The number of carbonyl (C=O) groups excluding carboxylic acids is 2. The number of piperidine rings is 1. The van der Waals surface area contributed by atoms with Gasteiger partial charge in [-0.25, -0.2) is 0 Å². The summed E-state index contributed by atoms with van der Waals surface area (Å²) in [6, 6.07) is 16.5. The number of benzene rings is 2. The standard InChI is InChI=1S/C20H21ClN2O2/c21-17-8-6-15(7-9-17)20(25)16-10-12-23(13-11-16)14-19(24)22-18-4-2-1-3-5-18/h1-9,16H,10-14H2,(H,22,24). The van der Waals surface area contributed by atoms with E-state index in [0.717, 1.165) is 31.6 Å².